The molecule has 2 fully saturated rings. The second-order valence-corrected chi connectivity index (χ2v) is 6.76. The molecule has 0 unspecified atom stereocenters. The molecule has 6 nitrogen and oxygen atoms in total. The van der Waals surface area contributed by atoms with Crippen LogP contribution in [0, 0.1) is 0 Å². The van der Waals surface area contributed by atoms with Crippen LogP contribution in [-0.4, -0.2) is 42.6 Å². The van der Waals surface area contributed by atoms with E-state index in [1.807, 2.05) is 24.3 Å². The summed E-state index contributed by atoms with van der Waals surface area (Å²) < 4.78 is 10.8. The van der Waals surface area contributed by atoms with Crippen LogP contribution in [0.3, 0.4) is 0 Å². The topological polar surface area (TPSA) is 67.9 Å². The van der Waals surface area contributed by atoms with Gasteiger partial charge in [-0.25, -0.2) is 4.79 Å². The Bertz CT molecular complexity index is 606. The Balaban J connectivity index is 1.49. The van der Waals surface area contributed by atoms with Gasteiger partial charge in [-0.1, -0.05) is 25.7 Å². The van der Waals surface area contributed by atoms with E-state index >= 15 is 0 Å². The minimum absolute atomic E-state index is 0.0520. The highest BCUT2D eigenvalue weighted by atomic mass is 16.5. The molecule has 1 aliphatic carbocycles. The number of nitrogens with one attached hydrogen (secondary N) is 1. The highest BCUT2D eigenvalue weighted by molar-refractivity contribution is 6.07. The molecular weight excluding hydrogens is 320 g/mol. The fourth-order valence-electron chi connectivity index (χ4n) is 3.63. The molecule has 0 bridgehead atoms. The molecule has 1 N–H and O–H groups in total. The quantitative estimate of drug-likeness (QED) is 0.635. The zero-order valence-electron chi connectivity index (χ0n) is 14.8. The van der Waals surface area contributed by atoms with Gasteiger partial charge in [-0.15, -0.1) is 0 Å². The van der Waals surface area contributed by atoms with E-state index < -0.39 is 5.54 Å². The summed E-state index contributed by atoms with van der Waals surface area (Å²) in [6, 6.07) is 7.10. The molecule has 136 valence electrons. The first-order chi connectivity index (χ1) is 12.1. The van der Waals surface area contributed by atoms with Crippen LogP contribution in [0.4, 0.5) is 4.79 Å². The second kappa shape index (κ2) is 7.76. The summed E-state index contributed by atoms with van der Waals surface area (Å²) in [5, 5.41) is 2.96. The Hall–Kier alpha value is -2.24. The lowest BCUT2D eigenvalue weighted by Crippen LogP contribution is -2.46. The fraction of sp³-hybridized carbons (Fsp3) is 0.579. The number of hydrogen-bond acceptors (Lipinski definition) is 4. The first-order valence-corrected chi connectivity index (χ1v) is 9.06. The molecule has 1 aliphatic heterocycles. The average molecular weight is 346 g/mol. The van der Waals surface area contributed by atoms with Gasteiger partial charge >= 0.3 is 6.03 Å². The Labute approximate surface area is 148 Å². The van der Waals surface area contributed by atoms with Crippen molar-refractivity contribution in [1.82, 2.24) is 10.2 Å². The number of nitrogens with zero attached hydrogens (tertiary/aromatic N) is 1. The minimum Gasteiger partial charge on any atom is -0.497 e. The number of carbonyl (C=O) groups excluding carboxylic acids is 2. The minimum atomic E-state index is -0.648. The molecule has 0 radical (unpaired) electrons. The van der Waals surface area contributed by atoms with Crippen LogP contribution < -0.4 is 14.8 Å². The van der Waals surface area contributed by atoms with Crippen LogP contribution in [0.25, 0.3) is 0 Å². The zero-order valence-corrected chi connectivity index (χ0v) is 14.8. The summed E-state index contributed by atoms with van der Waals surface area (Å²) in [5.41, 5.74) is -0.648. The van der Waals surface area contributed by atoms with Gasteiger partial charge in [0.15, 0.2) is 0 Å². The molecule has 0 atom stereocenters. The van der Waals surface area contributed by atoms with Crippen molar-refractivity contribution in [3.05, 3.63) is 24.3 Å². The molecule has 1 saturated carbocycles. The number of amides is 3. The molecule has 1 spiro atoms. The number of benzene rings is 1. The van der Waals surface area contributed by atoms with Crippen LogP contribution in [0.1, 0.15) is 44.9 Å². The van der Waals surface area contributed by atoms with Crippen molar-refractivity contribution in [1.29, 1.82) is 0 Å². The maximum absolute atomic E-state index is 12.8. The van der Waals surface area contributed by atoms with Crippen molar-refractivity contribution in [3.63, 3.8) is 0 Å². The van der Waals surface area contributed by atoms with Crippen LogP contribution in [0.15, 0.2) is 24.3 Å². The molecule has 1 aromatic carbocycles. The van der Waals surface area contributed by atoms with Crippen molar-refractivity contribution in [2.75, 3.05) is 20.3 Å². The van der Waals surface area contributed by atoms with Crippen molar-refractivity contribution in [2.45, 2.75) is 50.5 Å². The van der Waals surface area contributed by atoms with Gasteiger partial charge in [-0.2, -0.15) is 0 Å². The average Bonchev–Trinajstić information content (AvgIpc) is 2.79. The van der Waals surface area contributed by atoms with Gasteiger partial charge in [-0.05, 0) is 43.5 Å². The van der Waals surface area contributed by atoms with Crippen LogP contribution in [0.5, 0.6) is 11.5 Å². The van der Waals surface area contributed by atoms with Crippen LogP contribution >= 0.6 is 0 Å². The van der Waals surface area contributed by atoms with Gasteiger partial charge in [0.2, 0.25) is 0 Å². The predicted molar refractivity (Wildman–Crippen MR) is 93.8 cm³/mol. The molecule has 0 aromatic heterocycles. The van der Waals surface area contributed by atoms with E-state index in [2.05, 4.69) is 5.32 Å². The van der Waals surface area contributed by atoms with Gasteiger partial charge in [-0.3, -0.25) is 9.69 Å². The van der Waals surface area contributed by atoms with Gasteiger partial charge in [0.25, 0.3) is 5.91 Å². The van der Waals surface area contributed by atoms with Crippen molar-refractivity contribution >= 4 is 11.9 Å². The van der Waals surface area contributed by atoms with Crippen molar-refractivity contribution in [3.8, 4) is 11.5 Å². The Morgan fingerprint density at radius 2 is 1.68 bits per heavy atom. The van der Waals surface area contributed by atoms with E-state index in [0.717, 1.165) is 50.0 Å². The predicted octanol–water partition coefficient (Wildman–Crippen LogP) is 3.11. The highest BCUT2D eigenvalue weighted by Crippen LogP contribution is 2.32. The summed E-state index contributed by atoms with van der Waals surface area (Å²) in [5.74, 6) is 1.47. The van der Waals surface area contributed by atoms with Crippen molar-refractivity contribution < 1.29 is 19.1 Å². The molecule has 3 rings (SSSR count). The normalized spacial score (nSPS) is 19.6. The van der Waals surface area contributed by atoms with Crippen LogP contribution in [-0.2, 0) is 4.79 Å². The maximum atomic E-state index is 12.8. The molecule has 1 aromatic rings. The van der Waals surface area contributed by atoms with E-state index in [1.54, 1.807) is 7.11 Å². The fourth-order valence-corrected chi connectivity index (χ4v) is 3.63. The number of hydrogen-bond donors (Lipinski definition) is 1. The lowest BCUT2D eigenvalue weighted by molar-refractivity contribution is -0.131. The highest BCUT2D eigenvalue weighted by Gasteiger charge is 2.50. The van der Waals surface area contributed by atoms with Gasteiger partial charge in [0.1, 0.15) is 17.0 Å². The standard InChI is InChI=1S/C19H26N2O4/c1-24-15-7-9-16(10-8-15)25-14-6-13-21-17(22)19(20-18(21)23)11-4-2-3-5-12-19/h7-10H,2-6,11-14H2,1H3,(H,20,23). The third kappa shape index (κ3) is 3.89. The number of methoxy groups -OCH3 is 1. The first kappa shape index (κ1) is 17.6. The summed E-state index contributed by atoms with van der Waals surface area (Å²) in [6.45, 7) is 0.846. The monoisotopic (exact) mass is 346 g/mol. The SMILES string of the molecule is COc1ccc(OCCCN2C(=O)NC3(CCCCCC3)C2=O)cc1. The third-order valence-corrected chi connectivity index (χ3v) is 5.06. The zero-order chi connectivity index (χ0) is 17.7. The summed E-state index contributed by atoms with van der Waals surface area (Å²) in [6.07, 6.45) is 6.41. The van der Waals surface area contributed by atoms with E-state index in [1.165, 1.54) is 4.90 Å². The number of ether oxygens (including phenoxy) is 2. The Morgan fingerprint density at radius 3 is 2.32 bits per heavy atom. The van der Waals surface area contributed by atoms with Gasteiger partial charge < -0.3 is 14.8 Å². The van der Waals surface area contributed by atoms with Crippen molar-refractivity contribution in [2.24, 2.45) is 0 Å². The number of rotatable bonds is 6. The summed E-state index contributed by atoms with van der Waals surface area (Å²) in [4.78, 5) is 26.4. The molecule has 6 heteroatoms. The Kier molecular flexibility index (Phi) is 5.46. The lowest BCUT2D eigenvalue weighted by atomic mass is 9.90. The molecular formula is C19H26N2O4. The molecule has 2 aliphatic rings. The molecule has 1 heterocycles. The van der Waals surface area contributed by atoms with E-state index in [9.17, 15) is 9.59 Å². The summed E-state index contributed by atoms with van der Waals surface area (Å²) >= 11 is 0. The second-order valence-electron chi connectivity index (χ2n) is 6.76. The maximum Gasteiger partial charge on any atom is 0.325 e. The number of carbonyl (C=O) groups is 2. The molecule has 3 amide bonds. The van der Waals surface area contributed by atoms with Crippen LogP contribution in [0.2, 0.25) is 0 Å². The first-order valence-electron chi connectivity index (χ1n) is 9.06. The molecule has 25 heavy (non-hydrogen) atoms. The largest absolute Gasteiger partial charge is 0.497 e. The Morgan fingerprint density at radius 1 is 1.04 bits per heavy atom. The number of urea groups is 1. The number of imide groups is 1. The van der Waals surface area contributed by atoms with Gasteiger partial charge in [0.05, 0.1) is 13.7 Å². The summed E-state index contributed by atoms with van der Waals surface area (Å²) in [7, 11) is 1.62. The lowest BCUT2D eigenvalue weighted by Gasteiger charge is -2.24. The van der Waals surface area contributed by atoms with E-state index in [-0.39, 0.29) is 11.9 Å². The van der Waals surface area contributed by atoms with E-state index in [0.29, 0.717) is 19.6 Å². The molecule has 1 saturated heterocycles. The smallest absolute Gasteiger partial charge is 0.325 e. The van der Waals surface area contributed by atoms with E-state index in [4.69, 9.17) is 9.47 Å². The van der Waals surface area contributed by atoms with Gasteiger partial charge in [0, 0.05) is 6.54 Å². The third-order valence-electron chi connectivity index (χ3n) is 5.06.